The van der Waals surface area contributed by atoms with Crippen molar-refractivity contribution in [1.29, 1.82) is 0 Å². The number of carbonyl (C=O) groups excluding carboxylic acids is 2. The number of nitrogens with one attached hydrogen (secondary N) is 1. The summed E-state index contributed by atoms with van der Waals surface area (Å²) in [6.07, 6.45) is 0. The Morgan fingerprint density at radius 3 is 2.37 bits per heavy atom. The zero-order chi connectivity index (χ0) is 19.6. The number of H-pyrrole nitrogens is 1. The van der Waals surface area contributed by atoms with E-state index in [1.54, 1.807) is 0 Å². The third-order valence-electron chi connectivity index (χ3n) is 5.69. The van der Waals surface area contributed by atoms with Crippen LogP contribution in [-0.4, -0.2) is 77.3 Å². The first-order valence-corrected chi connectivity index (χ1v) is 9.82. The maximum absolute atomic E-state index is 12.9. The summed E-state index contributed by atoms with van der Waals surface area (Å²) in [4.78, 5) is 34.4. The minimum Gasteiger partial charge on any atom is -0.358 e. The topological polar surface area (TPSA) is 59.7 Å². The van der Waals surface area contributed by atoms with Crippen LogP contribution in [0.25, 0.3) is 10.9 Å². The van der Waals surface area contributed by atoms with Gasteiger partial charge in [0.1, 0.15) is 0 Å². The van der Waals surface area contributed by atoms with Crippen LogP contribution in [0.1, 0.15) is 35.5 Å². The predicted molar refractivity (Wildman–Crippen MR) is 108 cm³/mol. The molecule has 2 aromatic rings. The van der Waals surface area contributed by atoms with E-state index in [2.05, 4.69) is 23.7 Å². The van der Waals surface area contributed by atoms with Crippen molar-refractivity contribution in [2.45, 2.75) is 27.7 Å². The summed E-state index contributed by atoms with van der Waals surface area (Å²) in [7, 11) is 0. The smallest absolute Gasteiger partial charge is 0.253 e. The Balaban J connectivity index is 1.62. The first kappa shape index (κ1) is 19.4. The van der Waals surface area contributed by atoms with Crippen LogP contribution in [0.4, 0.5) is 0 Å². The molecule has 0 atom stereocenters. The van der Waals surface area contributed by atoms with E-state index in [1.165, 1.54) is 5.56 Å². The Morgan fingerprint density at radius 2 is 1.74 bits per heavy atom. The molecule has 1 aromatic carbocycles. The van der Waals surface area contributed by atoms with E-state index in [4.69, 9.17) is 0 Å². The molecule has 0 saturated carbocycles. The van der Waals surface area contributed by atoms with Gasteiger partial charge in [-0.2, -0.15) is 0 Å². The summed E-state index contributed by atoms with van der Waals surface area (Å²) in [5, 5.41) is 1.11. The lowest BCUT2D eigenvalue weighted by Crippen LogP contribution is -2.51. The van der Waals surface area contributed by atoms with E-state index in [0.717, 1.165) is 48.3 Å². The normalized spacial score (nSPS) is 15.3. The Bertz CT molecular complexity index is 830. The van der Waals surface area contributed by atoms with Gasteiger partial charge in [-0.05, 0) is 51.5 Å². The Labute approximate surface area is 161 Å². The zero-order valence-corrected chi connectivity index (χ0v) is 16.8. The highest BCUT2D eigenvalue weighted by atomic mass is 16.2. The van der Waals surface area contributed by atoms with Crippen LogP contribution in [0.15, 0.2) is 18.2 Å². The number of hydrogen-bond donors (Lipinski definition) is 1. The Hall–Kier alpha value is -2.34. The van der Waals surface area contributed by atoms with Gasteiger partial charge in [0, 0.05) is 61.4 Å². The molecule has 6 heteroatoms. The molecule has 146 valence electrons. The lowest BCUT2D eigenvalue weighted by Gasteiger charge is -2.35. The average Bonchev–Trinajstić information content (AvgIpc) is 2.96. The molecule has 0 unspecified atom stereocenters. The molecule has 2 amide bonds. The Morgan fingerprint density at radius 1 is 1.07 bits per heavy atom. The van der Waals surface area contributed by atoms with Crippen molar-refractivity contribution in [2.24, 2.45) is 0 Å². The summed E-state index contributed by atoms with van der Waals surface area (Å²) in [6, 6.07) is 5.88. The average molecular weight is 370 g/mol. The maximum atomic E-state index is 12.9. The standard InChI is InChI=1S/C21H30N4O2/c1-5-24(6-2)20(26)14-23-9-11-25(12-10-23)21(27)17-7-8-19-18(13-17)15(3)16(4)22-19/h7-8,13,22H,5-6,9-12,14H2,1-4H3. The molecule has 0 bridgehead atoms. The van der Waals surface area contributed by atoms with Gasteiger partial charge in [0.05, 0.1) is 6.54 Å². The summed E-state index contributed by atoms with van der Waals surface area (Å²) in [5.74, 6) is 0.244. The summed E-state index contributed by atoms with van der Waals surface area (Å²) >= 11 is 0. The number of hydrogen-bond acceptors (Lipinski definition) is 3. The lowest BCUT2D eigenvalue weighted by molar-refractivity contribution is -0.132. The number of piperazine rings is 1. The van der Waals surface area contributed by atoms with Gasteiger partial charge in [-0.3, -0.25) is 14.5 Å². The van der Waals surface area contributed by atoms with Crippen LogP contribution in [0.2, 0.25) is 0 Å². The van der Waals surface area contributed by atoms with Crippen LogP contribution >= 0.6 is 0 Å². The predicted octanol–water partition coefficient (Wildman–Crippen LogP) is 2.41. The minimum absolute atomic E-state index is 0.0740. The fraction of sp³-hybridized carbons (Fsp3) is 0.524. The van der Waals surface area contributed by atoms with Crippen molar-refractivity contribution in [1.82, 2.24) is 19.7 Å². The molecule has 1 aromatic heterocycles. The van der Waals surface area contributed by atoms with Crippen molar-refractivity contribution in [3.8, 4) is 0 Å². The number of nitrogens with zero attached hydrogens (tertiary/aromatic N) is 3. The van der Waals surface area contributed by atoms with E-state index in [1.807, 2.05) is 41.8 Å². The van der Waals surface area contributed by atoms with Gasteiger partial charge < -0.3 is 14.8 Å². The van der Waals surface area contributed by atoms with E-state index < -0.39 is 0 Å². The lowest BCUT2D eigenvalue weighted by atomic mass is 10.1. The molecule has 1 aliphatic heterocycles. The highest BCUT2D eigenvalue weighted by molar-refractivity contribution is 5.99. The largest absolute Gasteiger partial charge is 0.358 e. The summed E-state index contributed by atoms with van der Waals surface area (Å²) in [6.45, 7) is 12.9. The summed E-state index contributed by atoms with van der Waals surface area (Å²) < 4.78 is 0. The van der Waals surface area contributed by atoms with Gasteiger partial charge in [-0.25, -0.2) is 0 Å². The highest BCUT2D eigenvalue weighted by Gasteiger charge is 2.24. The molecule has 1 saturated heterocycles. The SMILES string of the molecule is CCN(CC)C(=O)CN1CCN(C(=O)c2ccc3[nH]c(C)c(C)c3c2)CC1. The quantitative estimate of drug-likeness (QED) is 0.879. The Kier molecular flexibility index (Phi) is 5.85. The molecule has 0 spiro atoms. The minimum atomic E-state index is 0.0740. The van der Waals surface area contributed by atoms with Crippen LogP contribution in [0.5, 0.6) is 0 Å². The van der Waals surface area contributed by atoms with E-state index in [0.29, 0.717) is 19.6 Å². The molecule has 6 nitrogen and oxygen atoms in total. The molecule has 1 aliphatic rings. The molecule has 1 fully saturated rings. The van der Waals surface area contributed by atoms with E-state index >= 15 is 0 Å². The van der Waals surface area contributed by atoms with Crippen molar-refractivity contribution in [2.75, 3.05) is 45.8 Å². The fourth-order valence-corrected chi connectivity index (χ4v) is 3.75. The van der Waals surface area contributed by atoms with Gasteiger partial charge in [0.15, 0.2) is 0 Å². The number of amides is 2. The number of carbonyl (C=O) groups is 2. The molecular formula is C21H30N4O2. The monoisotopic (exact) mass is 370 g/mol. The molecular weight excluding hydrogens is 340 g/mol. The third-order valence-corrected chi connectivity index (χ3v) is 5.69. The number of rotatable bonds is 5. The molecule has 2 heterocycles. The van der Waals surface area contributed by atoms with Crippen molar-refractivity contribution in [3.05, 3.63) is 35.0 Å². The van der Waals surface area contributed by atoms with Gasteiger partial charge >= 0.3 is 0 Å². The first-order chi connectivity index (χ1) is 12.9. The van der Waals surface area contributed by atoms with Gasteiger partial charge in [0.25, 0.3) is 5.91 Å². The number of aromatic amines is 1. The van der Waals surface area contributed by atoms with Gasteiger partial charge in [0.2, 0.25) is 5.91 Å². The highest BCUT2D eigenvalue weighted by Crippen LogP contribution is 2.23. The number of aromatic nitrogens is 1. The van der Waals surface area contributed by atoms with Crippen LogP contribution in [0.3, 0.4) is 0 Å². The molecule has 0 aliphatic carbocycles. The van der Waals surface area contributed by atoms with Gasteiger partial charge in [-0.1, -0.05) is 0 Å². The van der Waals surface area contributed by atoms with E-state index in [-0.39, 0.29) is 11.8 Å². The van der Waals surface area contributed by atoms with Crippen LogP contribution < -0.4 is 0 Å². The van der Waals surface area contributed by atoms with E-state index in [9.17, 15) is 9.59 Å². The molecule has 27 heavy (non-hydrogen) atoms. The van der Waals surface area contributed by atoms with Crippen molar-refractivity contribution < 1.29 is 9.59 Å². The maximum Gasteiger partial charge on any atom is 0.253 e. The summed E-state index contributed by atoms with van der Waals surface area (Å²) in [5.41, 5.74) is 4.14. The number of likely N-dealkylation sites (N-methyl/N-ethyl adjacent to an activating group) is 1. The molecule has 1 N–H and O–H groups in total. The van der Waals surface area contributed by atoms with Crippen molar-refractivity contribution >= 4 is 22.7 Å². The second kappa shape index (κ2) is 8.13. The molecule has 3 rings (SSSR count). The molecule has 0 radical (unpaired) electrons. The number of aryl methyl sites for hydroxylation is 2. The number of fused-ring (bicyclic) bond motifs is 1. The zero-order valence-electron chi connectivity index (χ0n) is 16.8. The second-order valence-electron chi connectivity index (χ2n) is 7.27. The fourth-order valence-electron chi connectivity index (χ4n) is 3.75. The van der Waals surface area contributed by atoms with Crippen molar-refractivity contribution in [3.63, 3.8) is 0 Å². The second-order valence-corrected chi connectivity index (χ2v) is 7.27. The number of benzene rings is 1. The third kappa shape index (κ3) is 4.00. The first-order valence-electron chi connectivity index (χ1n) is 9.82. The van der Waals surface area contributed by atoms with Crippen LogP contribution in [0, 0.1) is 13.8 Å². The van der Waals surface area contributed by atoms with Crippen LogP contribution in [-0.2, 0) is 4.79 Å². The van der Waals surface area contributed by atoms with Gasteiger partial charge in [-0.15, -0.1) is 0 Å².